The summed E-state index contributed by atoms with van der Waals surface area (Å²) in [4.78, 5) is 18.0. The fourth-order valence-corrected chi connectivity index (χ4v) is 2.29. The summed E-state index contributed by atoms with van der Waals surface area (Å²) in [5, 5.41) is 7.39. The second-order valence-corrected chi connectivity index (χ2v) is 6.11. The Hall–Kier alpha value is -2.86. The van der Waals surface area contributed by atoms with Crippen LogP contribution in [0.15, 0.2) is 53.1 Å². The van der Waals surface area contributed by atoms with Gasteiger partial charge in [0.2, 0.25) is 11.7 Å². The van der Waals surface area contributed by atoms with Crippen LogP contribution in [0, 0.1) is 6.92 Å². The largest absolute Gasteiger partial charge is 0.337 e. The molecule has 0 unspecified atom stereocenters. The molecule has 0 radical (unpaired) electrons. The minimum Gasteiger partial charge on any atom is -0.337 e. The summed E-state index contributed by atoms with van der Waals surface area (Å²) in [6.45, 7) is 2.20. The van der Waals surface area contributed by atoms with Crippen LogP contribution in [0.2, 0.25) is 5.02 Å². The third-order valence-electron chi connectivity index (χ3n) is 3.59. The van der Waals surface area contributed by atoms with Crippen molar-refractivity contribution in [3.8, 4) is 11.4 Å². The van der Waals surface area contributed by atoms with Gasteiger partial charge in [0, 0.05) is 23.3 Å². The van der Waals surface area contributed by atoms with E-state index in [0.717, 1.165) is 16.8 Å². The second-order valence-electron chi connectivity index (χ2n) is 5.67. The molecule has 0 aliphatic heterocycles. The highest BCUT2D eigenvalue weighted by Crippen LogP contribution is 2.19. The molecular weight excluding hydrogens is 340 g/mol. The first-order chi connectivity index (χ1) is 12.0. The van der Waals surface area contributed by atoms with E-state index in [0.29, 0.717) is 16.7 Å². The molecule has 6 nitrogen and oxygen atoms in total. The lowest BCUT2D eigenvalue weighted by Crippen LogP contribution is -2.30. The Morgan fingerprint density at radius 1 is 1.16 bits per heavy atom. The summed E-state index contributed by atoms with van der Waals surface area (Å²) in [6, 6.07) is 14.5. The molecule has 7 heteroatoms. The van der Waals surface area contributed by atoms with Crippen molar-refractivity contribution >= 4 is 23.3 Å². The summed E-state index contributed by atoms with van der Waals surface area (Å²) < 4.78 is 5.22. The van der Waals surface area contributed by atoms with Gasteiger partial charge in [0.15, 0.2) is 0 Å². The molecule has 3 rings (SSSR count). The van der Waals surface area contributed by atoms with Crippen LogP contribution in [0.1, 0.15) is 11.5 Å². The molecule has 0 atom stereocenters. The van der Waals surface area contributed by atoms with Crippen LogP contribution >= 0.6 is 11.6 Å². The Balaban J connectivity index is 1.62. The average Bonchev–Trinajstić information content (AvgIpc) is 3.06. The third kappa shape index (κ3) is 4.36. The summed E-state index contributed by atoms with van der Waals surface area (Å²) in [6.07, 6.45) is 0. The van der Waals surface area contributed by atoms with Crippen molar-refractivity contribution in [3.63, 3.8) is 0 Å². The van der Waals surface area contributed by atoms with E-state index in [1.54, 1.807) is 19.2 Å². The van der Waals surface area contributed by atoms with E-state index in [9.17, 15) is 4.79 Å². The summed E-state index contributed by atoms with van der Waals surface area (Å²) >= 11 is 5.87. The van der Waals surface area contributed by atoms with E-state index in [2.05, 4.69) is 15.5 Å². The van der Waals surface area contributed by atoms with Crippen LogP contribution in [0.25, 0.3) is 11.4 Å². The van der Waals surface area contributed by atoms with Gasteiger partial charge >= 0.3 is 6.03 Å². The molecule has 1 aromatic heterocycles. The van der Waals surface area contributed by atoms with Gasteiger partial charge in [0.05, 0.1) is 0 Å². The number of carbonyl (C=O) groups excluding carboxylic acids is 1. The molecule has 0 saturated heterocycles. The van der Waals surface area contributed by atoms with E-state index in [4.69, 9.17) is 16.1 Å². The van der Waals surface area contributed by atoms with Crippen LogP contribution in [0.5, 0.6) is 0 Å². The Morgan fingerprint density at radius 3 is 2.52 bits per heavy atom. The number of amides is 2. The molecule has 25 heavy (non-hydrogen) atoms. The third-order valence-corrected chi connectivity index (χ3v) is 3.84. The van der Waals surface area contributed by atoms with Gasteiger partial charge in [0.1, 0.15) is 6.54 Å². The van der Waals surface area contributed by atoms with E-state index in [-0.39, 0.29) is 12.6 Å². The van der Waals surface area contributed by atoms with Gasteiger partial charge in [0.25, 0.3) is 0 Å². The molecule has 2 aromatic carbocycles. The number of anilines is 1. The first-order valence-electron chi connectivity index (χ1n) is 7.68. The minimum atomic E-state index is -0.255. The van der Waals surface area contributed by atoms with E-state index in [1.165, 1.54) is 4.90 Å². The molecule has 128 valence electrons. The molecular formula is C18H17ClN4O2. The van der Waals surface area contributed by atoms with Gasteiger partial charge in [-0.25, -0.2) is 4.79 Å². The SMILES string of the molecule is Cc1ccc(NC(=O)N(C)Cc2nc(-c3ccc(Cl)cc3)no2)cc1. The lowest BCUT2D eigenvalue weighted by Gasteiger charge is -2.15. The van der Waals surface area contributed by atoms with Gasteiger partial charge in [-0.15, -0.1) is 0 Å². The smallest absolute Gasteiger partial charge is 0.322 e. The number of rotatable bonds is 4. The molecule has 1 heterocycles. The predicted molar refractivity (Wildman–Crippen MR) is 96.4 cm³/mol. The fourth-order valence-electron chi connectivity index (χ4n) is 2.17. The number of aromatic nitrogens is 2. The Kier molecular flexibility index (Phi) is 5.00. The molecule has 2 amide bonds. The van der Waals surface area contributed by atoms with Gasteiger partial charge in [-0.3, -0.25) is 0 Å². The van der Waals surface area contributed by atoms with E-state index in [1.807, 2.05) is 43.3 Å². The number of aryl methyl sites for hydroxylation is 1. The molecule has 1 N–H and O–H groups in total. The zero-order chi connectivity index (χ0) is 17.8. The predicted octanol–water partition coefficient (Wildman–Crippen LogP) is 4.36. The molecule has 0 saturated carbocycles. The Labute approximate surface area is 150 Å². The fraction of sp³-hybridized carbons (Fsp3) is 0.167. The topological polar surface area (TPSA) is 71.3 Å². The van der Waals surface area contributed by atoms with Crippen molar-refractivity contribution in [2.75, 3.05) is 12.4 Å². The zero-order valence-electron chi connectivity index (χ0n) is 13.9. The number of hydrogen-bond donors (Lipinski definition) is 1. The second kappa shape index (κ2) is 7.36. The lowest BCUT2D eigenvalue weighted by molar-refractivity contribution is 0.213. The molecule has 0 aliphatic rings. The number of nitrogens with one attached hydrogen (secondary N) is 1. The Morgan fingerprint density at radius 2 is 1.84 bits per heavy atom. The van der Waals surface area contributed by atoms with Crippen LogP contribution in [-0.2, 0) is 6.54 Å². The molecule has 0 bridgehead atoms. The summed E-state index contributed by atoms with van der Waals surface area (Å²) in [7, 11) is 1.66. The van der Waals surface area contributed by atoms with Crippen molar-refractivity contribution in [3.05, 3.63) is 65.0 Å². The number of urea groups is 1. The average molecular weight is 357 g/mol. The van der Waals surface area contributed by atoms with Crippen LogP contribution in [0.3, 0.4) is 0 Å². The van der Waals surface area contributed by atoms with Gasteiger partial charge < -0.3 is 14.7 Å². The first kappa shape index (κ1) is 17.0. The minimum absolute atomic E-state index is 0.207. The standard InChI is InChI=1S/C18H17ClN4O2/c1-12-3-9-15(10-4-12)20-18(24)23(2)11-16-21-17(22-25-16)13-5-7-14(19)8-6-13/h3-10H,11H2,1-2H3,(H,20,24). The number of carbonyl (C=O) groups is 1. The van der Waals surface area contributed by atoms with Crippen LogP contribution in [-0.4, -0.2) is 28.1 Å². The number of halogens is 1. The van der Waals surface area contributed by atoms with Crippen molar-refractivity contribution in [2.45, 2.75) is 13.5 Å². The highest BCUT2D eigenvalue weighted by atomic mass is 35.5. The number of hydrogen-bond acceptors (Lipinski definition) is 4. The Bertz CT molecular complexity index is 860. The first-order valence-corrected chi connectivity index (χ1v) is 8.06. The van der Waals surface area contributed by atoms with Crippen LogP contribution in [0.4, 0.5) is 10.5 Å². The molecule has 0 aliphatic carbocycles. The monoisotopic (exact) mass is 356 g/mol. The molecule has 0 fully saturated rings. The highest BCUT2D eigenvalue weighted by Gasteiger charge is 2.15. The van der Waals surface area contributed by atoms with Crippen molar-refractivity contribution in [1.29, 1.82) is 0 Å². The van der Waals surface area contributed by atoms with E-state index < -0.39 is 0 Å². The van der Waals surface area contributed by atoms with Gasteiger partial charge in [-0.05, 0) is 43.3 Å². The van der Waals surface area contributed by atoms with Crippen molar-refractivity contribution in [1.82, 2.24) is 15.0 Å². The normalized spacial score (nSPS) is 10.5. The molecule has 3 aromatic rings. The van der Waals surface area contributed by atoms with Gasteiger partial charge in [-0.2, -0.15) is 4.98 Å². The molecule has 0 spiro atoms. The summed E-state index contributed by atoms with van der Waals surface area (Å²) in [5.74, 6) is 0.811. The maximum absolute atomic E-state index is 12.2. The van der Waals surface area contributed by atoms with Crippen LogP contribution < -0.4 is 5.32 Å². The highest BCUT2D eigenvalue weighted by molar-refractivity contribution is 6.30. The van der Waals surface area contributed by atoms with Crippen molar-refractivity contribution in [2.24, 2.45) is 0 Å². The quantitative estimate of drug-likeness (QED) is 0.753. The van der Waals surface area contributed by atoms with Gasteiger partial charge in [-0.1, -0.05) is 34.5 Å². The lowest BCUT2D eigenvalue weighted by atomic mass is 10.2. The van der Waals surface area contributed by atoms with E-state index >= 15 is 0 Å². The summed E-state index contributed by atoms with van der Waals surface area (Å²) in [5.41, 5.74) is 2.66. The number of benzene rings is 2. The van der Waals surface area contributed by atoms with Crippen molar-refractivity contribution < 1.29 is 9.32 Å². The zero-order valence-corrected chi connectivity index (χ0v) is 14.6. The maximum Gasteiger partial charge on any atom is 0.322 e. The number of nitrogens with zero attached hydrogens (tertiary/aromatic N) is 3. The maximum atomic E-state index is 12.2.